The van der Waals surface area contributed by atoms with Crippen LogP contribution in [0.25, 0.3) is 16.7 Å². The summed E-state index contributed by atoms with van der Waals surface area (Å²) in [6, 6.07) is 13.5. The zero-order valence-corrected chi connectivity index (χ0v) is 14.6. The van der Waals surface area contributed by atoms with E-state index in [1.54, 1.807) is 23.0 Å². The zero-order chi connectivity index (χ0) is 17.9. The first-order chi connectivity index (χ1) is 12.7. The Morgan fingerprint density at radius 1 is 1.12 bits per heavy atom. The molecule has 0 bridgehead atoms. The maximum absolute atomic E-state index is 5.97. The third-order valence-electron chi connectivity index (χ3n) is 3.90. The zero-order valence-electron chi connectivity index (χ0n) is 13.8. The predicted octanol–water partition coefficient (Wildman–Crippen LogP) is 2.93. The summed E-state index contributed by atoms with van der Waals surface area (Å²) in [5, 5.41) is 12.0. The largest absolute Gasteiger partial charge is 0.365 e. The van der Waals surface area contributed by atoms with Gasteiger partial charge in [-0.25, -0.2) is 9.67 Å². The molecule has 0 amide bonds. The second-order valence-corrected chi connectivity index (χ2v) is 6.21. The fourth-order valence-electron chi connectivity index (χ4n) is 2.59. The van der Waals surface area contributed by atoms with Crippen molar-refractivity contribution in [2.24, 2.45) is 5.73 Å². The Labute approximate surface area is 154 Å². The van der Waals surface area contributed by atoms with E-state index in [1.807, 2.05) is 36.5 Å². The van der Waals surface area contributed by atoms with Crippen LogP contribution in [0.5, 0.6) is 0 Å². The molecule has 26 heavy (non-hydrogen) atoms. The van der Waals surface area contributed by atoms with Crippen LogP contribution in [0.2, 0.25) is 5.02 Å². The number of aromatic nitrogens is 5. The molecule has 2 aromatic carbocycles. The first-order valence-electron chi connectivity index (χ1n) is 8.08. The predicted molar refractivity (Wildman–Crippen MR) is 101 cm³/mol. The average molecular weight is 366 g/mol. The second-order valence-electron chi connectivity index (χ2n) is 5.77. The lowest BCUT2D eigenvalue weighted by Gasteiger charge is -2.08. The molecule has 0 radical (unpaired) electrons. The van der Waals surface area contributed by atoms with Gasteiger partial charge in [0.2, 0.25) is 0 Å². The fourth-order valence-corrected chi connectivity index (χ4v) is 2.76. The van der Waals surface area contributed by atoms with Gasteiger partial charge in [-0.3, -0.25) is 4.98 Å². The molecule has 4 rings (SSSR count). The van der Waals surface area contributed by atoms with Crippen molar-refractivity contribution in [1.29, 1.82) is 0 Å². The number of fused-ring (bicyclic) bond motifs is 1. The molecule has 0 saturated heterocycles. The number of nitrogens with two attached hydrogens (primary N) is 1. The normalized spacial score (nSPS) is 11.0. The van der Waals surface area contributed by atoms with Gasteiger partial charge >= 0.3 is 0 Å². The van der Waals surface area contributed by atoms with Gasteiger partial charge in [-0.05, 0) is 35.9 Å². The maximum Gasteiger partial charge on any atom is 0.145 e. The molecule has 0 atom stereocenters. The highest BCUT2D eigenvalue weighted by atomic mass is 35.5. The van der Waals surface area contributed by atoms with Crippen LogP contribution in [0.3, 0.4) is 0 Å². The van der Waals surface area contributed by atoms with Crippen LogP contribution < -0.4 is 11.1 Å². The van der Waals surface area contributed by atoms with Gasteiger partial charge in [-0.2, -0.15) is 0 Å². The van der Waals surface area contributed by atoms with Gasteiger partial charge in [-0.1, -0.05) is 28.9 Å². The van der Waals surface area contributed by atoms with Gasteiger partial charge in [0.25, 0.3) is 0 Å². The van der Waals surface area contributed by atoms with Crippen LogP contribution in [0.15, 0.2) is 54.9 Å². The van der Waals surface area contributed by atoms with Crippen molar-refractivity contribution in [3.05, 3.63) is 71.1 Å². The summed E-state index contributed by atoms with van der Waals surface area (Å²) in [4.78, 5) is 8.94. The van der Waals surface area contributed by atoms with E-state index in [9.17, 15) is 0 Å². The third kappa shape index (κ3) is 3.49. The number of nitrogens with one attached hydrogen (secondary N) is 1. The van der Waals surface area contributed by atoms with Gasteiger partial charge in [0.15, 0.2) is 0 Å². The molecular weight excluding hydrogens is 350 g/mol. The second kappa shape index (κ2) is 7.07. The molecular formula is C18H16ClN7. The maximum atomic E-state index is 5.97. The van der Waals surface area contributed by atoms with E-state index in [0.29, 0.717) is 23.9 Å². The first kappa shape index (κ1) is 16.4. The van der Waals surface area contributed by atoms with Crippen LogP contribution in [-0.4, -0.2) is 25.0 Å². The summed E-state index contributed by atoms with van der Waals surface area (Å²) in [5.41, 5.74) is 9.92. The van der Waals surface area contributed by atoms with Gasteiger partial charge in [-0.15, -0.1) is 5.10 Å². The number of benzene rings is 2. The van der Waals surface area contributed by atoms with Crippen LogP contribution in [0.4, 0.5) is 5.82 Å². The van der Waals surface area contributed by atoms with E-state index < -0.39 is 0 Å². The van der Waals surface area contributed by atoms with Gasteiger partial charge in [0, 0.05) is 18.1 Å². The molecule has 0 unspecified atom stereocenters. The van der Waals surface area contributed by atoms with E-state index in [-0.39, 0.29) is 0 Å². The lowest BCUT2D eigenvalue weighted by atomic mass is 10.2. The van der Waals surface area contributed by atoms with Crippen LogP contribution in [0.1, 0.15) is 11.3 Å². The highest BCUT2D eigenvalue weighted by molar-refractivity contribution is 6.31. The molecule has 0 aliphatic rings. The number of anilines is 1. The summed E-state index contributed by atoms with van der Waals surface area (Å²) in [6.07, 6.45) is 3.53. The van der Waals surface area contributed by atoms with Gasteiger partial charge < -0.3 is 11.1 Å². The lowest BCUT2D eigenvalue weighted by molar-refractivity contribution is 0.795. The number of rotatable bonds is 5. The lowest BCUT2D eigenvalue weighted by Crippen LogP contribution is -2.03. The van der Waals surface area contributed by atoms with Gasteiger partial charge in [0.1, 0.15) is 5.82 Å². The fraction of sp³-hybridized carbons (Fsp3) is 0.111. The molecule has 7 nitrogen and oxygen atoms in total. The Bertz CT molecular complexity index is 1060. The Morgan fingerprint density at radius 3 is 2.88 bits per heavy atom. The summed E-state index contributed by atoms with van der Waals surface area (Å²) in [5.74, 6) is 0.705. The number of hydrogen-bond acceptors (Lipinski definition) is 6. The van der Waals surface area contributed by atoms with E-state index in [0.717, 1.165) is 28.0 Å². The minimum absolute atomic E-state index is 0.368. The van der Waals surface area contributed by atoms with E-state index >= 15 is 0 Å². The third-order valence-corrected chi connectivity index (χ3v) is 4.14. The number of hydrogen-bond donors (Lipinski definition) is 2. The van der Waals surface area contributed by atoms with Crippen LogP contribution in [0, 0.1) is 0 Å². The first-order valence-corrected chi connectivity index (χ1v) is 8.46. The molecule has 0 aliphatic heterocycles. The van der Waals surface area contributed by atoms with Crippen molar-refractivity contribution >= 4 is 28.5 Å². The molecule has 8 heteroatoms. The van der Waals surface area contributed by atoms with Crippen molar-refractivity contribution in [1.82, 2.24) is 25.0 Å². The summed E-state index contributed by atoms with van der Waals surface area (Å²) >= 11 is 5.97. The van der Waals surface area contributed by atoms with Crippen molar-refractivity contribution in [3.63, 3.8) is 0 Å². The average Bonchev–Trinajstić information content (AvgIpc) is 3.16. The Hall–Kier alpha value is -3.03. The van der Waals surface area contributed by atoms with Crippen molar-refractivity contribution < 1.29 is 0 Å². The highest BCUT2D eigenvalue weighted by Gasteiger charge is 2.04. The summed E-state index contributed by atoms with van der Waals surface area (Å²) in [7, 11) is 0. The molecule has 130 valence electrons. The molecule has 2 aromatic heterocycles. The van der Waals surface area contributed by atoms with Crippen molar-refractivity contribution in [3.8, 4) is 5.69 Å². The number of nitrogens with zero attached hydrogens (tertiary/aromatic N) is 5. The van der Waals surface area contributed by atoms with Crippen LogP contribution >= 0.6 is 11.6 Å². The molecule has 2 heterocycles. The minimum Gasteiger partial charge on any atom is -0.365 e. The summed E-state index contributed by atoms with van der Waals surface area (Å²) < 4.78 is 1.71. The molecule has 0 spiro atoms. The van der Waals surface area contributed by atoms with Crippen molar-refractivity contribution in [2.45, 2.75) is 13.1 Å². The molecule has 0 fully saturated rings. The SMILES string of the molecule is NCc1cn(-c2cccc(CNc3cnc4cc(Cl)ccc4n3)c2)nn1. The Morgan fingerprint density at radius 2 is 2.04 bits per heavy atom. The van der Waals surface area contributed by atoms with Crippen molar-refractivity contribution in [2.75, 3.05) is 5.32 Å². The number of halogens is 1. The Balaban J connectivity index is 1.51. The minimum atomic E-state index is 0.368. The van der Waals surface area contributed by atoms with E-state index in [1.165, 1.54) is 0 Å². The molecule has 0 aliphatic carbocycles. The Kier molecular flexibility index (Phi) is 4.47. The smallest absolute Gasteiger partial charge is 0.145 e. The van der Waals surface area contributed by atoms with E-state index in [2.05, 4.69) is 25.6 Å². The monoisotopic (exact) mass is 365 g/mol. The highest BCUT2D eigenvalue weighted by Crippen LogP contribution is 2.18. The summed E-state index contributed by atoms with van der Waals surface area (Å²) in [6.45, 7) is 0.979. The van der Waals surface area contributed by atoms with Crippen LogP contribution in [-0.2, 0) is 13.1 Å². The molecule has 0 saturated carbocycles. The topological polar surface area (TPSA) is 94.5 Å². The molecule has 3 N–H and O–H groups in total. The quantitative estimate of drug-likeness (QED) is 0.564. The standard InChI is InChI=1S/C18H16ClN7/c19-13-4-5-16-17(7-13)21-10-18(23-16)22-9-12-2-1-3-15(6-12)26-11-14(8-20)24-25-26/h1-7,10-11H,8-9,20H2,(H,22,23). The van der Waals surface area contributed by atoms with E-state index in [4.69, 9.17) is 17.3 Å². The van der Waals surface area contributed by atoms with Gasteiger partial charge in [0.05, 0.1) is 34.8 Å². The molecule has 4 aromatic rings.